The van der Waals surface area contributed by atoms with Crippen molar-refractivity contribution in [3.05, 3.63) is 71.3 Å². The third-order valence-corrected chi connectivity index (χ3v) is 5.18. The van der Waals surface area contributed by atoms with Crippen LogP contribution < -0.4 is 0 Å². The van der Waals surface area contributed by atoms with E-state index >= 15 is 0 Å². The van der Waals surface area contributed by atoms with Crippen LogP contribution in [0.1, 0.15) is 47.7 Å². The highest BCUT2D eigenvalue weighted by molar-refractivity contribution is 6.00. The van der Waals surface area contributed by atoms with Gasteiger partial charge in [0.1, 0.15) is 0 Å². The van der Waals surface area contributed by atoms with Crippen LogP contribution in [0.4, 0.5) is 0 Å². The molecule has 0 bridgehead atoms. The minimum Gasteiger partial charge on any atom is -0.356 e. The highest BCUT2D eigenvalue weighted by Gasteiger charge is 2.51. The molecule has 1 aliphatic heterocycles. The molecule has 1 aliphatic rings. The number of rotatable bonds is 10. The highest BCUT2D eigenvalue weighted by Crippen LogP contribution is 2.45. The number of amides is 1. The molecule has 0 fully saturated rings. The standard InChI is InChI=1S/C23H29NO4/c1-4-17-28-23(18-11-6-5-7-12-18)20-14-9-8-13-19(20)22(25)24(23)16-10-15-21(26-2)27-3/h5-9,11-14,21H,4,10,15-17H2,1-3H3. The Balaban J connectivity index is 2.01. The summed E-state index contributed by atoms with van der Waals surface area (Å²) in [6.45, 7) is 3.19. The van der Waals surface area contributed by atoms with E-state index in [1.165, 1.54) is 0 Å². The number of nitrogens with zero attached hydrogens (tertiary/aromatic N) is 1. The monoisotopic (exact) mass is 383 g/mol. The molecular formula is C23H29NO4. The molecule has 0 saturated heterocycles. The van der Waals surface area contributed by atoms with Crippen LogP contribution in [-0.4, -0.2) is 44.5 Å². The van der Waals surface area contributed by atoms with Crippen LogP contribution in [0.25, 0.3) is 0 Å². The third-order valence-electron chi connectivity index (χ3n) is 5.18. The second kappa shape index (κ2) is 9.32. The Labute approximate surface area is 167 Å². The largest absolute Gasteiger partial charge is 0.356 e. The molecule has 1 amide bonds. The van der Waals surface area contributed by atoms with E-state index < -0.39 is 5.72 Å². The summed E-state index contributed by atoms with van der Waals surface area (Å²) < 4.78 is 17.1. The zero-order valence-corrected chi connectivity index (χ0v) is 16.9. The maximum atomic E-state index is 13.3. The Kier molecular flexibility index (Phi) is 6.83. The molecule has 0 aliphatic carbocycles. The van der Waals surface area contributed by atoms with Crippen molar-refractivity contribution in [3.63, 3.8) is 0 Å². The molecule has 2 aromatic carbocycles. The van der Waals surface area contributed by atoms with Crippen molar-refractivity contribution in [1.29, 1.82) is 0 Å². The van der Waals surface area contributed by atoms with Gasteiger partial charge in [0.25, 0.3) is 5.91 Å². The van der Waals surface area contributed by atoms with Gasteiger partial charge < -0.3 is 19.1 Å². The van der Waals surface area contributed by atoms with Gasteiger partial charge in [-0.1, -0.05) is 55.5 Å². The molecule has 0 saturated carbocycles. The first-order chi connectivity index (χ1) is 13.7. The van der Waals surface area contributed by atoms with E-state index in [4.69, 9.17) is 14.2 Å². The van der Waals surface area contributed by atoms with Gasteiger partial charge in [0.2, 0.25) is 0 Å². The molecule has 2 aromatic rings. The van der Waals surface area contributed by atoms with Gasteiger partial charge in [-0.2, -0.15) is 0 Å². The summed E-state index contributed by atoms with van der Waals surface area (Å²) in [5, 5.41) is 0. The zero-order chi connectivity index (χ0) is 20.0. The van der Waals surface area contributed by atoms with E-state index in [1.807, 2.05) is 59.5 Å². The van der Waals surface area contributed by atoms with E-state index in [0.717, 1.165) is 24.0 Å². The summed E-state index contributed by atoms with van der Waals surface area (Å²) >= 11 is 0. The van der Waals surface area contributed by atoms with Crippen LogP contribution >= 0.6 is 0 Å². The van der Waals surface area contributed by atoms with Crippen LogP contribution in [0, 0.1) is 0 Å². The Morgan fingerprint density at radius 3 is 2.36 bits per heavy atom. The van der Waals surface area contributed by atoms with Gasteiger partial charge in [-0.3, -0.25) is 4.79 Å². The summed E-state index contributed by atoms with van der Waals surface area (Å²) in [4.78, 5) is 15.2. The lowest BCUT2D eigenvalue weighted by atomic mass is 9.93. The number of hydrogen-bond acceptors (Lipinski definition) is 4. The molecule has 1 heterocycles. The Bertz CT molecular complexity index is 775. The first-order valence-electron chi connectivity index (χ1n) is 9.85. The molecule has 150 valence electrons. The fraction of sp³-hybridized carbons (Fsp3) is 0.435. The van der Waals surface area contributed by atoms with E-state index in [-0.39, 0.29) is 12.2 Å². The second-order valence-electron chi connectivity index (χ2n) is 6.90. The number of fused-ring (bicyclic) bond motifs is 1. The van der Waals surface area contributed by atoms with Crippen molar-refractivity contribution in [2.24, 2.45) is 0 Å². The average molecular weight is 383 g/mol. The van der Waals surface area contributed by atoms with Gasteiger partial charge in [-0.15, -0.1) is 0 Å². The maximum Gasteiger partial charge on any atom is 0.257 e. The molecule has 0 spiro atoms. The minimum atomic E-state index is -0.902. The van der Waals surface area contributed by atoms with Crippen molar-refractivity contribution in [2.45, 2.75) is 38.2 Å². The van der Waals surface area contributed by atoms with Crippen LogP contribution in [0.5, 0.6) is 0 Å². The minimum absolute atomic E-state index is 0.00180. The van der Waals surface area contributed by atoms with Crippen molar-refractivity contribution < 1.29 is 19.0 Å². The van der Waals surface area contributed by atoms with E-state index in [1.54, 1.807) is 14.2 Å². The molecule has 0 radical (unpaired) electrons. The Morgan fingerprint density at radius 2 is 1.68 bits per heavy atom. The van der Waals surface area contributed by atoms with Gasteiger partial charge in [0, 0.05) is 50.5 Å². The molecular weight excluding hydrogens is 354 g/mol. The molecule has 5 heteroatoms. The number of carbonyl (C=O) groups is 1. The van der Waals surface area contributed by atoms with Crippen molar-refractivity contribution >= 4 is 5.91 Å². The normalized spacial score (nSPS) is 18.7. The molecule has 0 aromatic heterocycles. The summed E-state index contributed by atoms with van der Waals surface area (Å²) in [6, 6.07) is 17.8. The number of benzene rings is 2. The van der Waals surface area contributed by atoms with Gasteiger partial charge in [0.15, 0.2) is 12.0 Å². The highest BCUT2D eigenvalue weighted by atomic mass is 16.7. The summed E-state index contributed by atoms with van der Waals surface area (Å²) in [6.07, 6.45) is 2.04. The van der Waals surface area contributed by atoms with Gasteiger partial charge >= 0.3 is 0 Å². The summed E-state index contributed by atoms with van der Waals surface area (Å²) in [5.41, 5.74) is 1.68. The van der Waals surface area contributed by atoms with E-state index in [9.17, 15) is 4.79 Å². The second-order valence-corrected chi connectivity index (χ2v) is 6.90. The van der Waals surface area contributed by atoms with Gasteiger partial charge in [-0.25, -0.2) is 0 Å². The topological polar surface area (TPSA) is 48.0 Å². The number of ether oxygens (including phenoxy) is 3. The lowest BCUT2D eigenvalue weighted by molar-refractivity contribution is -0.120. The predicted molar refractivity (Wildman–Crippen MR) is 108 cm³/mol. The molecule has 3 rings (SSSR count). The Hall–Kier alpha value is -2.21. The smallest absolute Gasteiger partial charge is 0.257 e. The van der Waals surface area contributed by atoms with Gasteiger partial charge in [0.05, 0.1) is 0 Å². The lowest BCUT2D eigenvalue weighted by Crippen LogP contribution is -2.47. The van der Waals surface area contributed by atoms with E-state index in [2.05, 4.69) is 6.92 Å². The first kappa shape index (κ1) is 20.5. The predicted octanol–water partition coefficient (Wildman–Crippen LogP) is 4.17. The Morgan fingerprint density at radius 1 is 1.00 bits per heavy atom. The van der Waals surface area contributed by atoms with E-state index in [0.29, 0.717) is 25.1 Å². The summed E-state index contributed by atoms with van der Waals surface area (Å²) in [7, 11) is 3.26. The fourth-order valence-electron chi connectivity index (χ4n) is 3.87. The third kappa shape index (κ3) is 3.70. The quantitative estimate of drug-likeness (QED) is 0.578. The van der Waals surface area contributed by atoms with Gasteiger partial charge in [-0.05, 0) is 18.9 Å². The van der Waals surface area contributed by atoms with Crippen LogP contribution in [0.3, 0.4) is 0 Å². The van der Waals surface area contributed by atoms with Crippen LogP contribution in [0.15, 0.2) is 54.6 Å². The fourth-order valence-corrected chi connectivity index (χ4v) is 3.87. The maximum absolute atomic E-state index is 13.3. The van der Waals surface area contributed by atoms with Crippen molar-refractivity contribution in [1.82, 2.24) is 4.90 Å². The van der Waals surface area contributed by atoms with Crippen LogP contribution in [-0.2, 0) is 19.9 Å². The molecule has 1 atom stereocenters. The summed E-state index contributed by atoms with van der Waals surface area (Å²) in [5.74, 6) is 0.00180. The first-order valence-corrected chi connectivity index (χ1v) is 9.85. The van der Waals surface area contributed by atoms with Crippen molar-refractivity contribution in [3.8, 4) is 0 Å². The number of methoxy groups -OCH3 is 2. The SMILES string of the molecule is CCCOC1(c2ccccc2)c2ccccc2C(=O)N1CCCC(OC)OC. The molecule has 28 heavy (non-hydrogen) atoms. The number of hydrogen-bond donors (Lipinski definition) is 0. The number of carbonyl (C=O) groups excluding carboxylic acids is 1. The van der Waals surface area contributed by atoms with Crippen LogP contribution in [0.2, 0.25) is 0 Å². The molecule has 1 unspecified atom stereocenters. The zero-order valence-electron chi connectivity index (χ0n) is 16.9. The molecule has 0 N–H and O–H groups in total. The average Bonchev–Trinajstić information content (AvgIpc) is 2.99. The lowest BCUT2D eigenvalue weighted by Gasteiger charge is -2.39. The molecule has 5 nitrogen and oxygen atoms in total. The van der Waals surface area contributed by atoms with Crippen molar-refractivity contribution in [2.75, 3.05) is 27.4 Å².